The molecule has 0 radical (unpaired) electrons. The summed E-state index contributed by atoms with van der Waals surface area (Å²) in [5, 5.41) is 0. The van der Waals surface area contributed by atoms with Gasteiger partial charge in [0.1, 0.15) is 0 Å². The van der Waals surface area contributed by atoms with E-state index in [1.54, 1.807) is 0 Å². The number of aryl methyl sites for hydroxylation is 2. The lowest BCUT2D eigenvalue weighted by atomic mass is 10.0. The first-order chi connectivity index (χ1) is 10.6. The molecule has 1 aliphatic rings. The molecule has 22 heavy (non-hydrogen) atoms. The van der Waals surface area contributed by atoms with Gasteiger partial charge in [-0.25, -0.2) is 0 Å². The van der Waals surface area contributed by atoms with Gasteiger partial charge >= 0.3 is 0 Å². The summed E-state index contributed by atoms with van der Waals surface area (Å²) < 4.78 is 0. The number of nitrogens with zero attached hydrogens (tertiary/aromatic N) is 1. The molecular weight excluding hydrogens is 270 g/mol. The van der Waals surface area contributed by atoms with Crippen LogP contribution >= 0.6 is 0 Å². The quantitative estimate of drug-likeness (QED) is 0.832. The number of likely N-dealkylation sites (tertiary alicyclic amines) is 1. The summed E-state index contributed by atoms with van der Waals surface area (Å²) in [6.07, 6.45) is 3.16. The average Bonchev–Trinajstić information content (AvgIpc) is 2.96. The summed E-state index contributed by atoms with van der Waals surface area (Å²) in [5.74, 6) is 0.191. The van der Waals surface area contributed by atoms with Crippen molar-refractivity contribution in [1.29, 1.82) is 0 Å². The van der Waals surface area contributed by atoms with Gasteiger partial charge in [0, 0.05) is 18.2 Å². The predicted molar refractivity (Wildman–Crippen MR) is 90.1 cm³/mol. The third-order valence-electron chi connectivity index (χ3n) is 4.56. The van der Waals surface area contributed by atoms with Crippen molar-refractivity contribution >= 4 is 5.91 Å². The van der Waals surface area contributed by atoms with Crippen molar-refractivity contribution < 1.29 is 4.79 Å². The van der Waals surface area contributed by atoms with Gasteiger partial charge in [0.2, 0.25) is 0 Å². The van der Waals surface area contributed by atoms with Crippen LogP contribution in [0, 0.1) is 13.8 Å². The number of benzene rings is 2. The van der Waals surface area contributed by atoms with Crippen LogP contribution in [0.1, 0.15) is 39.9 Å². The highest BCUT2D eigenvalue weighted by Gasteiger charge is 2.29. The van der Waals surface area contributed by atoms with Crippen molar-refractivity contribution in [3.05, 3.63) is 70.8 Å². The fraction of sp³-hybridized carbons (Fsp3) is 0.350. The Morgan fingerprint density at radius 1 is 1.14 bits per heavy atom. The lowest BCUT2D eigenvalue weighted by molar-refractivity contribution is 0.0736. The molecule has 1 heterocycles. The van der Waals surface area contributed by atoms with E-state index in [1.165, 1.54) is 11.1 Å². The third kappa shape index (κ3) is 3.06. The van der Waals surface area contributed by atoms with Gasteiger partial charge in [0.05, 0.1) is 0 Å². The molecular formula is C20H23NO. The van der Waals surface area contributed by atoms with Crippen molar-refractivity contribution in [2.75, 3.05) is 6.54 Å². The van der Waals surface area contributed by atoms with E-state index in [4.69, 9.17) is 0 Å². The van der Waals surface area contributed by atoms with Crippen LogP contribution in [0.3, 0.4) is 0 Å². The molecule has 0 N–H and O–H groups in total. The van der Waals surface area contributed by atoms with Gasteiger partial charge in [0.25, 0.3) is 5.91 Å². The molecule has 1 atom stereocenters. The molecule has 0 aromatic heterocycles. The summed E-state index contributed by atoms with van der Waals surface area (Å²) in [4.78, 5) is 15.0. The summed E-state index contributed by atoms with van der Waals surface area (Å²) in [5.41, 5.74) is 4.45. The molecule has 1 aliphatic heterocycles. The van der Waals surface area contributed by atoms with Crippen molar-refractivity contribution in [2.45, 2.75) is 39.2 Å². The fourth-order valence-corrected chi connectivity index (χ4v) is 3.41. The van der Waals surface area contributed by atoms with Gasteiger partial charge in [-0.1, -0.05) is 48.0 Å². The molecule has 0 saturated carbocycles. The zero-order valence-corrected chi connectivity index (χ0v) is 13.4. The van der Waals surface area contributed by atoms with E-state index in [1.807, 2.05) is 25.1 Å². The van der Waals surface area contributed by atoms with Crippen LogP contribution < -0.4 is 0 Å². The molecule has 1 amide bonds. The smallest absolute Gasteiger partial charge is 0.254 e. The second-order valence-corrected chi connectivity index (χ2v) is 6.30. The molecule has 2 heteroatoms. The minimum absolute atomic E-state index is 0.191. The summed E-state index contributed by atoms with van der Waals surface area (Å²) in [6.45, 7) is 4.97. The van der Waals surface area contributed by atoms with Gasteiger partial charge in [-0.3, -0.25) is 4.79 Å². The Bertz CT molecular complexity index is 663. The second kappa shape index (κ2) is 6.35. The number of rotatable bonds is 3. The van der Waals surface area contributed by atoms with E-state index < -0.39 is 0 Å². The number of hydrogen-bond acceptors (Lipinski definition) is 1. The van der Waals surface area contributed by atoms with Crippen LogP contribution in [-0.2, 0) is 6.42 Å². The first kappa shape index (κ1) is 14.8. The molecule has 0 bridgehead atoms. The Kier molecular flexibility index (Phi) is 4.28. The van der Waals surface area contributed by atoms with Gasteiger partial charge in [0.15, 0.2) is 0 Å². The van der Waals surface area contributed by atoms with Crippen LogP contribution in [0.25, 0.3) is 0 Å². The standard InChI is InChI=1S/C20H23NO/c1-15-10-11-19(16(2)13-15)20(22)21-12-6-9-18(21)14-17-7-4-3-5-8-17/h3-5,7-8,10-11,13,18H,6,9,12,14H2,1-2H3. The minimum atomic E-state index is 0.191. The Labute approximate surface area is 132 Å². The van der Waals surface area contributed by atoms with Crippen LogP contribution in [-0.4, -0.2) is 23.4 Å². The Balaban J connectivity index is 1.79. The highest BCUT2D eigenvalue weighted by molar-refractivity contribution is 5.96. The van der Waals surface area contributed by atoms with E-state index in [9.17, 15) is 4.79 Å². The maximum absolute atomic E-state index is 12.9. The zero-order chi connectivity index (χ0) is 15.5. The highest BCUT2D eigenvalue weighted by atomic mass is 16.2. The monoisotopic (exact) mass is 293 g/mol. The van der Waals surface area contributed by atoms with Crippen molar-refractivity contribution in [1.82, 2.24) is 4.90 Å². The van der Waals surface area contributed by atoms with Crippen LogP contribution in [0.2, 0.25) is 0 Å². The molecule has 1 unspecified atom stereocenters. The summed E-state index contributed by atoms with van der Waals surface area (Å²) in [6, 6.07) is 16.9. The molecule has 114 valence electrons. The number of carbonyl (C=O) groups excluding carboxylic acids is 1. The lowest BCUT2D eigenvalue weighted by Crippen LogP contribution is -2.37. The fourth-order valence-electron chi connectivity index (χ4n) is 3.41. The lowest BCUT2D eigenvalue weighted by Gasteiger charge is -2.25. The van der Waals surface area contributed by atoms with Crippen molar-refractivity contribution in [2.24, 2.45) is 0 Å². The molecule has 1 fully saturated rings. The SMILES string of the molecule is Cc1ccc(C(=O)N2CCCC2Cc2ccccc2)c(C)c1. The van der Waals surface area contributed by atoms with Crippen LogP contribution in [0.5, 0.6) is 0 Å². The van der Waals surface area contributed by atoms with E-state index in [-0.39, 0.29) is 5.91 Å². The van der Waals surface area contributed by atoms with E-state index >= 15 is 0 Å². The first-order valence-corrected chi connectivity index (χ1v) is 8.07. The second-order valence-electron chi connectivity index (χ2n) is 6.30. The van der Waals surface area contributed by atoms with Crippen LogP contribution in [0.4, 0.5) is 0 Å². The normalized spacial score (nSPS) is 17.7. The molecule has 2 aromatic rings. The Morgan fingerprint density at radius 3 is 2.64 bits per heavy atom. The summed E-state index contributed by atoms with van der Waals surface area (Å²) >= 11 is 0. The van der Waals surface area contributed by atoms with E-state index in [0.29, 0.717) is 6.04 Å². The molecule has 3 rings (SSSR count). The van der Waals surface area contributed by atoms with Crippen molar-refractivity contribution in [3.63, 3.8) is 0 Å². The van der Waals surface area contributed by atoms with E-state index in [2.05, 4.69) is 42.2 Å². The third-order valence-corrected chi connectivity index (χ3v) is 4.56. The van der Waals surface area contributed by atoms with Gasteiger partial charge in [-0.2, -0.15) is 0 Å². The van der Waals surface area contributed by atoms with Gasteiger partial charge < -0.3 is 4.90 Å². The van der Waals surface area contributed by atoms with E-state index in [0.717, 1.165) is 36.9 Å². The molecule has 0 aliphatic carbocycles. The van der Waals surface area contributed by atoms with Crippen LogP contribution in [0.15, 0.2) is 48.5 Å². The highest BCUT2D eigenvalue weighted by Crippen LogP contribution is 2.24. The largest absolute Gasteiger partial charge is 0.335 e. The zero-order valence-electron chi connectivity index (χ0n) is 13.4. The summed E-state index contributed by atoms with van der Waals surface area (Å²) in [7, 11) is 0. The van der Waals surface area contributed by atoms with Gasteiger partial charge in [-0.05, 0) is 50.3 Å². The maximum atomic E-state index is 12.9. The molecule has 0 spiro atoms. The average molecular weight is 293 g/mol. The number of amides is 1. The molecule has 2 aromatic carbocycles. The molecule has 2 nitrogen and oxygen atoms in total. The Morgan fingerprint density at radius 2 is 1.91 bits per heavy atom. The van der Waals surface area contributed by atoms with Gasteiger partial charge in [-0.15, -0.1) is 0 Å². The molecule has 1 saturated heterocycles. The number of carbonyl (C=O) groups is 1. The number of hydrogen-bond donors (Lipinski definition) is 0. The minimum Gasteiger partial charge on any atom is -0.335 e. The topological polar surface area (TPSA) is 20.3 Å². The maximum Gasteiger partial charge on any atom is 0.254 e. The van der Waals surface area contributed by atoms with Crippen molar-refractivity contribution in [3.8, 4) is 0 Å². The predicted octanol–water partition coefficient (Wildman–Crippen LogP) is 4.15. The Hall–Kier alpha value is -2.09. The first-order valence-electron chi connectivity index (χ1n) is 8.07.